The Balaban J connectivity index is 2.07. The number of piperidine rings is 1. The average molecular weight is 252 g/mol. The summed E-state index contributed by atoms with van der Waals surface area (Å²) in [6.07, 6.45) is 2.96. The van der Waals surface area contributed by atoms with Gasteiger partial charge in [0.05, 0.1) is 11.4 Å². The van der Waals surface area contributed by atoms with Gasteiger partial charge in [-0.15, -0.1) is 11.3 Å². The highest BCUT2D eigenvalue weighted by Gasteiger charge is 2.37. The lowest BCUT2D eigenvalue weighted by Crippen LogP contribution is -2.50. The van der Waals surface area contributed by atoms with E-state index in [-0.39, 0.29) is 16.8 Å². The van der Waals surface area contributed by atoms with E-state index in [1.54, 1.807) is 0 Å². The fourth-order valence-electron chi connectivity index (χ4n) is 2.54. The number of thiophene rings is 1. The van der Waals surface area contributed by atoms with Crippen LogP contribution in [0.5, 0.6) is 0 Å². The Hall–Kier alpha value is -1.56. The van der Waals surface area contributed by atoms with Crippen LogP contribution in [0.2, 0.25) is 0 Å². The van der Waals surface area contributed by atoms with Gasteiger partial charge in [0, 0.05) is 11.9 Å². The number of fused-ring (bicyclic) bond motifs is 3. The van der Waals surface area contributed by atoms with Crippen LogP contribution in [-0.4, -0.2) is 29.6 Å². The van der Waals surface area contributed by atoms with Crippen molar-refractivity contribution in [3.05, 3.63) is 10.3 Å². The van der Waals surface area contributed by atoms with Crippen molar-refractivity contribution in [2.24, 2.45) is 0 Å². The van der Waals surface area contributed by atoms with E-state index in [0.29, 0.717) is 5.69 Å². The van der Waals surface area contributed by atoms with Crippen LogP contribution < -0.4 is 10.2 Å². The number of aromatic carboxylic acids is 1. The van der Waals surface area contributed by atoms with E-state index in [4.69, 9.17) is 5.11 Å². The van der Waals surface area contributed by atoms with E-state index in [1.165, 1.54) is 11.3 Å². The molecule has 6 heteroatoms. The minimum absolute atomic E-state index is 0.0712. The third-order valence-electron chi connectivity index (χ3n) is 3.33. The Labute approximate surface area is 102 Å². The number of nitrogens with zero attached hydrogens (tertiary/aromatic N) is 1. The molecule has 3 rings (SSSR count). The summed E-state index contributed by atoms with van der Waals surface area (Å²) in [6.45, 7) is 0.834. The van der Waals surface area contributed by atoms with Crippen molar-refractivity contribution in [2.45, 2.75) is 25.3 Å². The van der Waals surface area contributed by atoms with Crippen molar-refractivity contribution in [3.63, 3.8) is 0 Å². The Morgan fingerprint density at radius 3 is 3.12 bits per heavy atom. The van der Waals surface area contributed by atoms with Crippen LogP contribution in [0.25, 0.3) is 0 Å². The Bertz CT molecular complexity index is 497. The van der Waals surface area contributed by atoms with Crippen LogP contribution in [0.4, 0.5) is 11.4 Å². The Kier molecular flexibility index (Phi) is 2.32. The van der Waals surface area contributed by atoms with Gasteiger partial charge in [0.1, 0.15) is 10.9 Å². The molecule has 2 aliphatic rings. The largest absolute Gasteiger partial charge is 0.477 e. The van der Waals surface area contributed by atoms with Crippen molar-refractivity contribution >= 4 is 34.6 Å². The summed E-state index contributed by atoms with van der Waals surface area (Å²) < 4.78 is 0. The van der Waals surface area contributed by atoms with Crippen molar-refractivity contribution in [1.82, 2.24) is 0 Å². The molecule has 0 saturated carbocycles. The zero-order valence-electron chi connectivity index (χ0n) is 9.10. The molecule has 5 nitrogen and oxygen atoms in total. The van der Waals surface area contributed by atoms with E-state index in [2.05, 4.69) is 5.32 Å². The van der Waals surface area contributed by atoms with E-state index in [0.717, 1.165) is 31.5 Å². The summed E-state index contributed by atoms with van der Waals surface area (Å²) in [5.41, 5.74) is 1.35. The maximum absolute atomic E-state index is 11.9. The second kappa shape index (κ2) is 3.73. The standard InChI is InChI=1S/C11H12N2O3S/c14-10-6-3-1-2-4-13(6)7-5-17-9(11(15)16)8(7)12-10/h5-6H,1-4H2,(H,12,14)(H,15,16). The molecule has 0 aliphatic carbocycles. The van der Waals surface area contributed by atoms with Gasteiger partial charge in [-0.1, -0.05) is 0 Å². The molecule has 1 atom stereocenters. The molecule has 0 spiro atoms. The molecule has 2 N–H and O–H groups in total. The van der Waals surface area contributed by atoms with Crippen LogP contribution in [0, 0.1) is 0 Å². The normalized spacial score (nSPS) is 22.7. The molecule has 1 amide bonds. The highest BCUT2D eigenvalue weighted by Crippen LogP contribution is 2.41. The van der Waals surface area contributed by atoms with Gasteiger partial charge in [-0.3, -0.25) is 4.79 Å². The quantitative estimate of drug-likeness (QED) is 0.799. The molecule has 90 valence electrons. The molecule has 2 aliphatic heterocycles. The van der Waals surface area contributed by atoms with E-state index in [9.17, 15) is 9.59 Å². The van der Waals surface area contributed by atoms with Crippen LogP contribution in [0.1, 0.15) is 28.9 Å². The van der Waals surface area contributed by atoms with Gasteiger partial charge in [0.2, 0.25) is 5.91 Å². The molecule has 1 saturated heterocycles. The number of amides is 1. The monoisotopic (exact) mass is 252 g/mol. The molecule has 3 heterocycles. The first-order valence-electron chi connectivity index (χ1n) is 5.61. The van der Waals surface area contributed by atoms with Crippen molar-refractivity contribution in [1.29, 1.82) is 0 Å². The lowest BCUT2D eigenvalue weighted by atomic mass is 9.98. The molecule has 0 bridgehead atoms. The zero-order chi connectivity index (χ0) is 12.0. The van der Waals surface area contributed by atoms with Gasteiger partial charge in [-0.2, -0.15) is 0 Å². The number of carbonyl (C=O) groups is 2. The summed E-state index contributed by atoms with van der Waals surface area (Å²) in [6, 6.07) is -0.118. The maximum atomic E-state index is 11.9. The smallest absolute Gasteiger partial charge is 0.348 e. The average Bonchev–Trinajstić information content (AvgIpc) is 2.73. The van der Waals surface area contributed by atoms with Crippen LogP contribution in [-0.2, 0) is 4.79 Å². The van der Waals surface area contributed by atoms with Crippen LogP contribution in [0.3, 0.4) is 0 Å². The van der Waals surface area contributed by atoms with Gasteiger partial charge in [-0.05, 0) is 19.3 Å². The number of rotatable bonds is 1. The summed E-state index contributed by atoms with van der Waals surface area (Å²) >= 11 is 1.18. The molecule has 17 heavy (non-hydrogen) atoms. The van der Waals surface area contributed by atoms with E-state index in [1.807, 2.05) is 10.3 Å². The lowest BCUT2D eigenvalue weighted by molar-refractivity contribution is -0.118. The molecule has 1 unspecified atom stereocenters. The number of nitrogens with one attached hydrogen (secondary N) is 1. The Morgan fingerprint density at radius 1 is 1.53 bits per heavy atom. The first kappa shape index (κ1) is 10.6. The van der Waals surface area contributed by atoms with Crippen LogP contribution in [0.15, 0.2) is 5.38 Å². The number of carboxylic acid groups (broad SMARTS) is 1. The van der Waals surface area contributed by atoms with E-state index >= 15 is 0 Å². The van der Waals surface area contributed by atoms with Crippen molar-refractivity contribution in [2.75, 3.05) is 16.8 Å². The summed E-state index contributed by atoms with van der Waals surface area (Å²) in [4.78, 5) is 25.2. The van der Waals surface area contributed by atoms with Gasteiger partial charge < -0.3 is 15.3 Å². The number of carbonyl (C=O) groups excluding carboxylic acids is 1. The highest BCUT2D eigenvalue weighted by atomic mass is 32.1. The second-order valence-corrected chi connectivity index (χ2v) is 5.20. The number of anilines is 2. The second-order valence-electron chi connectivity index (χ2n) is 4.32. The minimum Gasteiger partial charge on any atom is -0.477 e. The van der Waals surface area contributed by atoms with Crippen molar-refractivity contribution < 1.29 is 14.7 Å². The molecule has 1 fully saturated rings. The molecular weight excluding hydrogens is 240 g/mol. The summed E-state index contributed by atoms with van der Waals surface area (Å²) in [7, 11) is 0. The highest BCUT2D eigenvalue weighted by molar-refractivity contribution is 7.13. The predicted molar refractivity (Wildman–Crippen MR) is 64.9 cm³/mol. The molecular formula is C11H12N2O3S. The molecule has 0 aromatic carbocycles. The first-order chi connectivity index (χ1) is 8.18. The SMILES string of the molecule is O=C(O)c1scc2c1NC(=O)C1CCCCN21. The van der Waals surface area contributed by atoms with E-state index < -0.39 is 5.97 Å². The fourth-order valence-corrected chi connectivity index (χ4v) is 3.39. The summed E-state index contributed by atoms with van der Waals surface area (Å²) in [5.74, 6) is -1.05. The number of carboxylic acids is 1. The summed E-state index contributed by atoms with van der Waals surface area (Å²) in [5, 5.41) is 13.6. The van der Waals surface area contributed by atoms with Gasteiger partial charge in [0.15, 0.2) is 0 Å². The Morgan fingerprint density at radius 2 is 2.35 bits per heavy atom. The van der Waals surface area contributed by atoms with Gasteiger partial charge >= 0.3 is 5.97 Å². The van der Waals surface area contributed by atoms with Crippen molar-refractivity contribution in [3.8, 4) is 0 Å². The fraction of sp³-hybridized carbons (Fsp3) is 0.455. The topological polar surface area (TPSA) is 69.6 Å². The minimum atomic E-state index is -0.980. The maximum Gasteiger partial charge on any atom is 0.348 e. The lowest BCUT2D eigenvalue weighted by Gasteiger charge is -2.39. The van der Waals surface area contributed by atoms with Gasteiger partial charge in [-0.25, -0.2) is 4.79 Å². The number of hydrogen-bond acceptors (Lipinski definition) is 4. The van der Waals surface area contributed by atoms with Crippen LogP contribution >= 0.6 is 11.3 Å². The number of hydrogen-bond donors (Lipinski definition) is 2. The molecule has 1 aromatic heterocycles. The molecule has 0 radical (unpaired) electrons. The third-order valence-corrected chi connectivity index (χ3v) is 4.28. The third kappa shape index (κ3) is 1.51. The van der Waals surface area contributed by atoms with Gasteiger partial charge in [0.25, 0.3) is 0 Å². The predicted octanol–water partition coefficient (Wildman–Crippen LogP) is 1.76. The zero-order valence-corrected chi connectivity index (χ0v) is 9.92. The molecule has 1 aromatic rings. The first-order valence-corrected chi connectivity index (χ1v) is 6.48.